The van der Waals surface area contributed by atoms with E-state index >= 15 is 0 Å². The fourth-order valence-corrected chi connectivity index (χ4v) is 2.41. The van der Waals surface area contributed by atoms with Gasteiger partial charge in [0.05, 0.1) is 22.9 Å². The third kappa shape index (κ3) is 3.98. The van der Waals surface area contributed by atoms with Gasteiger partial charge in [-0.15, -0.1) is 0 Å². The van der Waals surface area contributed by atoms with Crippen LogP contribution in [-0.2, 0) is 13.1 Å². The first-order valence-electron chi connectivity index (χ1n) is 6.49. The average molecular weight is 372 g/mol. The monoisotopic (exact) mass is 370 g/mol. The van der Waals surface area contributed by atoms with Crippen LogP contribution in [0.2, 0.25) is 5.02 Å². The SMILES string of the molecule is CCn1ncc(Br)c1CN(C)C(=O)Nc1ccc(Cl)cc1. The van der Waals surface area contributed by atoms with Crippen LogP contribution < -0.4 is 5.32 Å². The Kier molecular flexibility index (Phi) is 5.25. The van der Waals surface area contributed by atoms with Crippen molar-refractivity contribution in [3.63, 3.8) is 0 Å². The van der Waals surface area contributed by atoms with E-state index in [9.17, 15) is 4.79 Å². The van der Waals surface area contributed by atoms with E-state index in [0.717, 1.165) is 16.7 Å². The molecule has 0 radical (unpaired) electrons. The average Bonchev–Trinajstić information content (AvgIpc) is 2.82. The number of aromatic nitrogens is 2. The minimum Gasteiger partial charge on any atom is -0.322 e. The van der Waals surface area contributed by atoms with Crippen molar-refractivity contribution >= 4 is 39.2 Å². The number of urea groups is 1. The summed E-state index contributed by atoms with van der Waals surface area (Å²) in [6.07, 6.45) is 1.74. The molecule has 1 heterocycles. The Hall–Kier alpha value is -1.53. The second-order valence-electron chi connectivity index (χ2n) is 4.55. The number of halogens is 2. The van der Waals surface area contributed by atoms with Crippen LogP contribution in [0.25, 0.3) is 0 Å². The van der Waals surface area contributed by atoms with Crippen LogP contribution in [0.15, 0.2) is 34.9 Å². The van der Waals surface area contributed by atoms with Gasteiger partial charge in [0.1, 0.15) is 0 Å². The van der Waals surface area contributed by atoms with Gasteiger partial charge in [0.2, 0.25) is 0 Å². The zero-order valence-electron chi connectivity index (χ0n) is 11.8. The van der Waals surface area contributed by atoms with E-state index in [1.54, 1.807) is 42.4 Å². The summed E-state index contributed by atoms with van der Waals surface area (Å²) >= 11 is 9.27. The lowest BCUT2D eigenvalue weighted by atomic mass is 10.3. The number of rotatable bonds is 4. The predicted octanol–water partition coefficient (Wildman–Crippen LogP) is 3.98. The second kappa shape index (κ2) is 6.95. The number of nitrogens with zero attached hydrogens (tertiary/aromatic N) is 3. The number of carbonyl (C=O) groups excluding carboxylic acids is 1. The molecule has 7 heteroatoms. The number of benzene rings is 1. The molecule has 1 aromatic heterocycles. The molecular formula is C14H16BrClN4O. The van der Waals surface area contributed by atoms with Crippen LogP contribution in [0.3, 0.4) is 0 Å². The topological polar surface area (TPSA) is 50.2 Å². The van der Waals surface area contributed by atoms with E-state index in [2.05, 4.69) is 26.3 Å². The molecule has 0 aliphatic heterocycles. The van der Waals surface area contributed by atoms with Gasteiger partial charge in [-0.1, -0.05) is 11.6 Å². The van der Waals surface area contributed by atoms with Crippen molar-refractivity contribution in [1.82, 2.24) is 14.7 Å². The van der Waals surface area contributed by atoms with E-state index in [-0.39, 0.29) is 6.03 Å². The van der Waals surface area contributed by atoms with Crippen LogP contribution in [0, 0.1) is 0 Å². The van der Waals surface area contributed by atoms with Crippen molar-refractivity contribution in [2.75, 3.05) is 12.4 Å². The number of hydrogen-bond donors (Lipinski definition) is 1. The Morgan fingerprint density at radius 3 is 2.71 bits per heavy atom. The smallest absolute Gasteiger partial charge is 0.321 e. The maximum atomic E-state index is 12.2. The lowest BCUT2D eigenvalue weighted by Crippen LogP contribution is -2.31. The highest BCUT2D eigenvalue weighted by Gasteiger charge is 2.14. The summed E-state index contributed by atoms with van der Waals surface area (Å²) in [7, 11) is 1.74. The quantitative estimate of drug-likeness (QED) is 0.883. The molecule has 0 bridgehead atoms. The van der Waals surface area contributed by atoms with Gasteiger partial charge in [0.25, 0.3) is 0 Å². The third-order valence-electron chi connectivity index (χ3n) is 3.03. The maximum absolute atomic E-state index is 12.2. The summed E-state index contributed by atoms with van der Waals surface area (Å²) in [6.45, 7) is 3.23. The highest BCUT2D eigenvalue weighted by Crippen LogP contribution is 2.18. The van der Waals surface area contributed by atoms with Crippen LogP contribution in [0.4, 0.5) is 10.5 Å². The van der Waals surface area contributed by atoms with Crippen molar-refractivity contribution in [3.05, 3.63) is 45.7 Å². The lowest BCUT2D eigenvalue weighted by molar-refractivity contribution is 0.219. The highest BCUT2D eigenvalue weighted by atomic mass is 79.9. The summed E-state index contributed by atoms with van der Waals surface area (Å²) in [5.41, 5.74) is 1.67. The zero-order valence-corrected chi connectivity index (χ0v) is 14.1. The third-order valence-corrected chi connectivity index (χ3v) is 3.94. The molecule has 1 aromatic carbocycles. The van der Waals surface area contributed by atoms with Crippen molar-refractivity contribution in [2.45, 2.75) is 20.0 Å². The fraction of sp³-hybridized carbons (Fsp3) is 0.286. The zero-order chi connectivity index (χ0) is 15.4. The maximum Gasteiger partial charge on any atom is 0.321 e. The van der Waals surface area contributed by atoms with Crippen LogP contribution in [0.5, 0.6) is 0 Å². The number of anilines is 1. The number of aryl methyl sites for hydroxylation is 1. The van der Waals surface area contributed by atoms with E-state index in [4.69, 9.17) is 11.6 Å². The van der Waals surface area contributed by atoms with Gasteiger partial charge in [-0.2, -0.15) is 5.10 Å². The van der Waals surface area contributed by atoms with E-state index in [0.29, 0.717) is 17.3 Å². The van der Waals surface area contributed by atoms with Crippen molar-refractivity contribution in [1.29, 1.82) is 0 Å². The first-order valence-corrected chi connectivity index (χ1v) is 7.66. The van der Waals surface area contributed by atoms with Crippen LogP contribution >= 0.6 is 27.5 Å². The van der Waals surface area contributed by atoms with Crippen molar-refractivity contribution in [2.24, 2.45) is 0 Å². The number of nitrogens with one attached hydrogen (secondary N) is 1. The molecule has 21 heavy (non-hydrogen) atoms. The minimum absolute atomic E-state index is 0.187. The molecule has 112 valence electrons. The summed E-state index contributed by atoms with van der Waals surface area (Å²) in [6, 6.07) is 6.81. The number of hydrogen-bond acceptors (Lipinski definition) is 2. The molecule has 0 spiro atoms. The van der Waals surface area contributed by atoms with Gasteiger partial charge in [0, 0.05) is 24.3 Å². The number of amides is 2. The van der Waals surface area contributed by atoms with Gasteiger partial charge in [-0.3, -0.25) is 4.68 Å². The largest absolute Gasteiger partial charge is 0.322 e. The Morgan fingerprint density at radius 1 is 1.43 bits per heavy atom. The molecule has 1 N–H and O–H groups in total. The molecule has 0 atom stereocenters. The van der Waals surface area contributed by atoms with E-state index in [1.165, 1.54) is 0 Å². The Balaban J connectivity index is 2.02. The number of carbonyl (C=O) groups is 1. The fourth-order valence-electron chi connectivity index (χ4n) is 1.87. The van der Waals surface area contributed by atoms with Gasteiger partial charge >= 0.3 is 6.03 Å². The second-order valence-corrected chi connectivity index (χ2v) is 5.84. The Labute approximate surface area is 137 Å². The predicted molar refractivity (Wildman–Crippen MR) is 87.5 cm³/mol. The summed E-state index contributed by atoms with van der Waals surface area (Å²) < 4.78 is 2.76. The molecule has 0 fully saturated rings. The van der Waals surface area contributed by atoms with Crippen LogP contribution in [-0.4, -0.2) is 27.8 Å². The normalized spacial score (nSPS) is 10.5. The van der Waals surface area contributed by atoms with Crippen molar-refractivity contribution < 1.29 is 4.79 Å². The summed E-state index contributed by atoms with van der Waals surface area (Å²) in [5, 5.41) is 7.69. The van der Waals surface area contributed by atoms with Gasteiger partial charge in [-0.25, -0.2) is 4.79 Å². The lowest BCUT2D eigenvalue weighted by Gasteiger charge is -2.19. The summed E-state index contributed by atoms with van der Waals surface area (Å²) in [4.78, 5) is 13.8. The molecule has 2 rings (SSSR count). The Bertz CT molecular complexity index is 626. The molecule has 0 aliphatic rings. The molecular weight excluding hydrogens is 356 g/mol. The van der Waals surface area contributed by atoms with Gasteiger partial charge in [0.15, 0.2) is 0 Å². The molecule has 0 saturated carbocycles. The summed E-state index contributed by atoms with van der Waals surface area (Å²) in [5.74, 6) is 0. The molecule has 2 aromatic rings. The molecule has 0 aliphatic carbocycles. The first-order chi connectivity index (χ1) is 10.0. The van der Waals surface area contributed by atoms with Crippen molar-refractivity contribution in [3.8, 4) is 0 Å². The molecule has 0 saturated heterocycles. The van der Waals surface area contributed by atoms with Gasteiger partial charge < -0.3 is 10.2 Å². The van der Waals surface area contributed by atoms with Gasteiger partial charge in [-0.05, 0) is 47.1 Å². The first kappa shape index (κ1) is 15.9. The highest BCUT2D eigenvalue weighted by molar-refractivity contribution is 9.10. The molecule has 0 unspecified atom stereocenters. The Morgan fingerprint density at radius 2 is 2.10 bits per heavy atom. The van der Waals surface area contributed by atoms with E-state index < -0.39 is 0 Å². The van der Waals surface area contributed by atoms with Crippen LogP contribution in [0.1, 0.15) is 12.6 Å². The van der Waals surface area contributed by atoms with E-state index in [1.807, 2.05) is 11.6 Å². The molecule has 2 amide bonds. The molecule has 5 nitrogen and oxygen atoms in total. The minimum atomic E-state index is -0.187. The standard InChI is InChI=1S/C14H16BrClN4O/c1-3-20-13(12(15)8-17-20)9-19(2)14(21)18-11-6-4-10(16)5-7-11/h4-8H,3,9H2,1-2H3,(H,18,21).